The van der Waals surface area contributed by atoms with Gasteiger partial charge in [-0.05, 0) is 74.8 Å². The molecule has 0 aliphatic carbocycles. The summed E-state index contributed by atoms with van der Waals surface area (Å²) in [4.78, 5) is 2.34. The van der Waals surface area contributed by atoms with Gasteiger partial charge in [0.1, 0.15) is 11.2 Å². The van der Waals surface area contributed by atoms with Crippen LogP contribution >= 0.6 is 0 Å². The van der Waals surface area contributed by atoms with E-state index in [4.69, 9.17) is 4.42 Å². The zero-order chi connectivity index (χ0) is 30.5. The standard InChI is InChI=1S/C44H29NO/c1-3-13-30(14-4-1)32-17-11-19-34(27-32)45(35-20-12-18-33(28-35)31-15-5-2-6-16-31)36-25-26-41-42(29-36)46-44-40-24-10-8-22-38(40)37-21-7-9-23-39(37)43(41)44/h1-29H. The fourth-order valence-electron chi connectivity index (χ4n) is 6.89. The van der Waals surface area contributed by atoms with Crippen molar-refractivity contribution >= 4 is 60.5 Å². The Kier molecular flexibility index (Phi) is 6.17. The van der Waals surface area contributed by atoms with Gasteiger partial charge in [0.15, 0.2) is 0 Å². The molecule has 46 heavy (non-hydrogen) atoms. The van der Waals surface area contributed by atoms with E-state index in [9.17, 15) is 0 Å². The molecule has 1 aromatic heterocycles. The smallest absolute Gasteiger partial charge is 0.143 e. The third kappa shape index (κ3) is 4.35. The van der Waals surface area contributed by atoms with E-state index in [0.29, 0.717) is 0 Å². The van der Waals surface area contributed by atoms with Gasteiger partial charge in [-0.2, -0.15) is 0 Å². The first-order valence-electron chi connectivity index (χ1n) is 15.7. The normalized spacial score (nSPS) is 11.5. The third-order valence-corrected chi connectivity index (χ3v) is 9.01. The topological polar surface area (TPSA) is 16.4 Å². The van der Waals surface area contributed by atoms with Crippen molar-refractivity contribution in [1.82, 2.24) is 0 Å². The van der Waals surface area contributed by atoms with Gasteiger partial charge in [-0.15, -0.1) is 0 Å². The number of fused-ring (bicyclic) bond motifs is 8. The van der Waals surface area contributed by atoms with Crippen LogP contribution in [0.15, 0.2) is 180 Å². The van der Waals surface area contributed by atoms with Gasteiger partial charge in [0.05, 0.1) is 0 Å². The molecule has 0 aliphatic rings. The van der Waals surface area contributed by atoms with E-state index in [1.165, 1.54) is 43.8 Å². The first kappa shape index (κ1) is 26.3. The molecular formula is C44H29NO. The van der Waals surface area contributed by atoms with Gasteiger partial charge >= 0.3 is 0 Å². The van der Waals surface area contributed by atoms with Crippen LogP contribution in [0.4, 0.5) is 17.1 Å². The van der Waals surface area contributed by atoms with E-state index in [1.807, 2.05) is 0 Å². The lowest BCUT2D eigenvalue weighted by molar-refractivity contribution is 0.673. The molecule has 9 aromatic rings. The number of benzene rings is 8. The molecule has 0 unspecified atom stereocenters. The van der Waals surface area contributed by atoms with Gasteiger partial charge in [-0.1, -0.05) is 133 Å². The second-order valence-electron chi connectivity index (χ2n) is 11.7. The molecule has 0 spiro atoms. The summed E-state index contributed by atoms with van der Waals surface area (Å²) in [7, 11) is 0. The molecule has 0 radical (unpaired) electrons. The molecule has 0 bridgehead atoms. The zero-order valence-electron chi connectivity index (χ0n) is 25.1. The van der Waals surface area contributed by atoms with Crippen molar-refractivity contribution in [2.24, 2.45) is 0 Å². The Morgan fingerprint density at radius 3 is 1.41 bits per heavy atom. The van der Waals surface area contributed by atoms with Crippen molar-refractivity contribution in [3.05, 3.63) is 176 Å². The van der Waals surface area contributed by atoms with Gasteiger partial charge < -0.3 is 9.32 Å². The van der Waals surface area contributed by atoms with Crippen molar-refractivity contribution in [3.8, 4) is 22.3 Å². The fourth-order valence-corrected chi connectivity index (χ4v) is 6.89. The largest absolute Gasteiger partial charge is 0.455 e. The maximum Gasteiger partial charge on any atom is 0.143 e. The van der Waals surface area contributed by atoms with Gasteiger partial charge in [0.2, 0.25) is 0 Å². The molecule has 0 fully saturated rings. The van der Waals surface area contributed by atoms with E-state index < -0.39 is 0 Å². The molecule has 9 rings (SSSR count). The fraction of sp³-hybridized carbons (Fsp3) is 0. The first-order chi connectivity index (χ1) is 22.8. The summed E-state index contributed by atoms with van der Waals surface area (Å²) in [5, 5.41) is 7.09. The molecular weight excluding hydrogens is 558 g/mol. The molecule has 0 saturated heterocycles. The van der Waals surface area contributed by atoms with Crippen LogP contribution in [-0.2, 0) is 0 Å². The summed E-state index contributed by atoms with van der Waals surface area (Å²) in [6, 6.07) is 62.5. The maximum absolute atomic E-state index is 6.80. The number of nitrogens with zero attached hydrogens (tertiary/aromatic N) is 1. The van der Waals surface area contributed by atoms with E-state index >= 15 is 0 Å². The van der Waals surface area contributed by atoms with Crippen molar-refractivity contribution < 1.29 is 4.42 Å². The van der Waals surface area contributed by atoms with Crippen molar-refractivity contribution in [2.45, 2.75) is 0 Å². The number of furan rings is 1. The van der Waals surface area contributed by atoms with Crippen LogP contribution in [0.3, 0.4) is 0 Å². The van der Waals surface area contributed by atoms with Crippen LogP contribution in [0, 0.1) is 0 Å². The quantitative estimate of drug-likeness (QED) is 0.186. The first-order valence-corrected chi connectivity index (χ1v) is 15.7. The van der Waals surface area contributed by atoms with Gasteiger partial charge in [0, 0.05) is 39.3 Å². The molecule has 0 aliphatic heterocycles. The van der Waals surface area contributed by atoms with Gasteiger partial charge in [-0.25, -0.2) is 0 Å². The summed E-state index contributed by atoms with van der Waals surface area (Å²) in [6.45, 7) is 0. The molecule has 2 nitrogen and oxygen atoms in total. The average Bonchev–Trinajstić information content (AvgIpc) is 3.52. The van der Waals surface area contributed by atoms with Crippen LogP contribution in [-0.4, -0.2) is 0 Å². The van der Waals surface area contributed by atoms with Crippen molar-refractivity contribution in [3.63, 3.8) is 0 Å². The Morgan fingerprint density at radius 1 is 0.326 bits per heavy atom. The highest BCUT2D eigenvalue weighted by molar-refractivity contribution is 6.30. The van der Waals surface area contributed by atoms with Crippen LogP contribution in [0.5, 0.6) is 0 Å². The Labute approximate surface area is 267 Å². The Hall–Kier alpha value is -6.12. The molecule has 1 heterocycles. The summed E-state index contributed by atoms with van der Waals surface area (Å²) in [6.07, 6.45) is 0. The molecule has 8 aromatic carbocycles. The molecule has 0 N–H and O–H groups in total. The van der Waals surface area contributed by atoms with Crippen LogP contribution in [0.2, 0.25) is 0 Å². The van der Waals surface area contributed by atoms with E-state index in [1.54, 1.807) is 0 Å². The Bertz CT molecular complexity index is 2450. The van der Waals surface area contributed by atoms with E-state index in [2.05, 4.69) is 181 Å². The predicted octanol–water partition coefficient (Wildman–Crippen LogP) is 12.7. The van der Waals surface area contributed by atoms with Crippen LogP contribution in [0.1, 0.15) is 0 Å². The Balaban J connectivity index is 1.28. The molecule has 0 saturated carbocycles. The monoisotopic (exact) mass is 587 g/mol. The van der Waals surface area contributed by atoms with Crippen molar-refractivity contribution in [2.75, 3.05) is 4.90 Å². The van der Waals surface area contributed by atoms with Crippen LogP contribution < -0.4 is 4.90 Å². The number of anilines is 3. The molecule has 2 heteroatoms. The SMILES string of the molecule is c1ccc(-c2cccc(N(c3cccc(-c4ccccc4)c3)c3ccc4c(c3)oc3c5ccccc5c5ccccc5c43)c2)cc1. The van der Waals surface area contributed by atoms with Crippen molar-refractivity contribution in [1.29, 1.82) is 0 Å². The lowest BCUT2D eigenvalue weighted by Crippen LogP contribution is -2.10. The molecule has 0 atom stereocenters. The molecule has 0 amide bonds. The lowest BCUT2D eigenvalue weighted by atomic mass is 9.97. The second kappa shape index (κ2) is 10.8. The summed E-state index contributed by atoms with van der Waals surface area (Å²) < 4.78 is 6.80. The zero-order valence-corrected chi connectivity index (χ0v) is 25.1. The summed E-state index contributed by atoms with van der Waals surface area (Å²) in [5.41, 5.74) is 9.73. The average molecular weight is 588 g/mol. The minimum atomic E-state index is 0.873. The van der Waals surface area contributed by atoms with Crippen LogP contribution in [0.25, 0.3) is 65.7 Å². The summed E-state index contributed by atoms with van der Waals surface area (Å²) in [5.74, 6) is 0. The number of rotatable bonds is 5. The number of hydrogen-bond donors (Lipinski definition) is 0. The van der Waals surface area contributed by atoms with Gasteiger partial charge in [0.25, 0.3) is 0 Å². The van der Waals surface area contributed by atoms with Gasteiger partial charge in [-0.3, -0.25) is 0 Å². The second-order valence-corrected chi connectivity index (χ2v) is 11.7. The summed E-state index contributed by atoms with van der Waals surface area (Å²) >= 11 is 0. The highest BCUT2D eigenvalue weighted by atomic mass is 16.3. The molecule has 216 valence electrons. The Morgan fingerprint density at radius 2 is 0.804 bits per heavy atom. The minimum Gasteiger partial charge on any atom is -0.455 e. The third-order valence-electron chi connectivity index (χ3n) is 9.01. The highest BCUT2D eigenvalue weighted by Crippen LogP contribution is 2.44. The highest BCUT2D eigenvalue weighted by Gasteiger charge is 2.19. The predicted molar refractivity (Wildman–Crippen MR) is 194 cm³/mol. The van der Waals surface area contributed by atoms with E-state index in [0.717, 1.165) is 39.0 Å². The lowest BCUT2D eigenvalue weighted by Gasteiger charge is -2.26. The number of hydrogen-bond acceptors (Lipinski definition) is 2. The maximum atomic E-state index is 6.80. The van der Waals surface area contributed by atoms with E-state index in [-0.39, 0.29) is 0 Å². The minimum absolute atomic E-state index is 0.873.